The van der Waals surface area contributed by atoms with Gasteiger partial charge in [-0.3, -0.25) is 14.4 Å². The number of rotatable bonds is 8. The lowest BCUT2D eigenvalue weighted by Gasteiger charge is -2.23. The number of carbonyl (C=O) groups excluding carboxylic acids is 3. The van der Waals surface area contributed by atoms with Gasteiger partial charge in [0.2, 0.25) is 5.91 Å². The molecule has 0 bridgehead atoms. The highest BCUT2D eigenvalue weighted by Gasteiger charge is 2.37. The van der Waals surface area contributed by atoms with Gasteiger partial charge in [0.1, 0.15) is 17.4 Å². The number of hydrogen-bond donors (Lipinski definition) is 2. The number of halogens is 1. The van der Waals surface area contributed by atoms with Crippen molar-refractivity contribution in [3.63, 3.8) is 0 Å². The quantitative estimate of drug-likeness (QED) is 0.309. The number of fused-ring (bicyclic) bond motifs is 1. The van der Waals surface area contributed by atoms with Crippen LogP contribution in [0.1, 0.15) is 49.2 Å². The van der Waals surface area contributed by atoms with Crippen molar-refractivity contribution in [2.75, 3.05) is 13.1 Å². The Morgan fingerprint density at radius 2 is 2.00 bits per heavy atom. The van der Waals surface area contributed by atoms with Gasteiger partial charge >= 0.3 is 15.0 Å². The number of Topliss-reactive ketones (excluding diaryl/α,β-unsaturated/α-hetero) is 1. The first kappa shape index (κ1) is 29.2. The maximum atomic E-state index is 13.6. The summed E-state index contributed by atoms with van der Waals surface area (Å²) in [7, 11) is -4.24. The van der Waals surface area contributed by atoms with Crippen LogP contribution in [0.25, 0.3) is 11.0 Å². The lowest BCUT2D eigenvalue weighted by atomic mass is 10.0. The Labute approximate surface area is 231 Å². The smallest absolute Gasteiger partial charge is 0.323 e. The summed E-state index contributed by atoms with van der Waals surface area (Å²) in [6.45, 7) is 4.87. The predicted octanol–water partition coefficient (Wildman–Crippen LogP) is 2.20. The highest BCUT2D eigenvalue weighted by atomic mass is 32.2. The van der Waals surface area contributed by atoms with Crippen LogP contribution >= 0.6 is 0 Å². The van der Waals surface area contributed by atoms with Gasteiger partial charge in [0.25, 0.3) is 5.91 Å². The Morgan fingerprint density at radius 3 is 2.70 bits per heavy atom. The zero-order valence-corrected chi connectivity index (χ0v) is 23.2. The van der Waals surface area contributed by atoms with Gasteiger partial charge in [-0.25, -0.2) is 12.8 Å². The fourth-order valence-corrected chi connectivity index (χ4v) is 6.18. The molecule has 3 aromatic rings. The summed E-state index contributed by atoms with van der Waals surface area (Å²) in [5.74, 6) is -2.36. The van der Waals surface area contributed by atoms with Crippen molar-refractivity contribution in [1.82, 2.24) is 14.9 Å². The minimum atomic E-state index is -4.24. The maximum Gasteiger partial charge on any atom is 0.323 e. The lowest BCUT2D eigenvalue weighted by molar-refractivity contribution is -0.646. The summed E-state index contributed by atoms with van der Waals surface area (Å²) in [5, 5.41) is 17.5. The van der Waals surface area contributed by atoms with Crippen LogP contribution in [0.5, 0.6) is 0 Å². The van der Waals surface area contributed by atoms with E-state index in [1.165, 1.54) is 30.3 Å². The van der Waals surface area contributed by atoms with Crippen LogP contribution in [-0.2, 0) is 19.6 Å². The highest BCUT2D eigenvalue weighted by molar-refractivity contribution is 7.89. The first-order chi connectivity index (χ1) is 18.9. The molecule has 0 saturated carbocycles. The number of carbonyl (C=O) groups is 3. The largest absolute Gasteiger partial charge is 0.618 e. The second kappa shape index (κ2) is 11.7. The second-order valence-corrected chi connectivity index (χ2v) is 12.1. The van der Waals surface area contributed by atoms with Gasteiger partial charge in [0.15, 0.2) is 17.7 Å². The van der Waals surface area contributed by atoms with Crippen LogP contribution in [-0.4, -0.2) is 55.5 Å². The number of aromatic nitrogens is 1. The molecule has 3 heterocycles. The SMILES string of the molecule is Cc1c(C(=O)NC(CC(C)C)C(=O)N[C@H]2CCCN(S(=O)(=O)c3cccc[n+]3[O-])CC2=O)oc2cc(F)ccc12. The molecule has 2 amide bonds. The fraction of sp³-hybridized carbons (Fsp3) is 0.407. The molecule has 1 aliphatic heterocycles. The monoisotopic (exact) mass is 574 g/mol. The Balaban J connectivity index is 1.48. The number of furan rings is 1. The molecule has 1 aliphatic rings. The number of nitrogens with zero attached hydrogens (tertiary/aromatic N) is 2. The van der Waals surface area contributed by atoms with Crippen molar-refractivity contribution in [3.8, 4) is 0 Å². The number of amides is 2. The van der Waals surface area contributed by atoms with Gasteiger partial charge in [0.05, 0.1) is 12.6 Å². The van der Waals surface area contributed by atoms with Crippen LogP contribution in [0.2, 0.25) is 0 Å². The molecule has 0 spiro atoms. The van der Waals surface area contributed by atoms with Crippen molar-refractivity contribution in [2.45, 2.75) is 57.1 Å². The lowest BCUT2D eigenvalue weighted by Crippen LogP contribution is -2.53. The topological polar surface area (TPSA) is 153 Å². The molecule has 214 valence electrons. The van der Waals surface area contributed by atoms with E-state index in [0.717, 1.165) is 16.6 Å². The number of pyridine rings is 1. The molecule has 2 N–H and O–H groups in total. The standard InChI is InChI=1S/C27H31FN4O7S/c1-16(2)13-21(30-27(35)25-17(3)19-10-9-18(28)14-23(19)39-25)26(34)29-20-7-6-11-31(15-22(20)33)40(37,38)24-8-4-5-12-32(24)36/h4-5,8-10,12,14,16,20-21H,6-7,11,13,15H2,1-3H3,(H,29,34)(H,30,35)/t20-,21?/m0/s1. The summed E-state index contributed by atoms with van der Waals surface area (Å²) in [6.07, 6.45) is 1.76. The summed E-state index contributed by atoms with van der Waals surface area (Å²) < 4.78 is 46.4. The van der Waals surface area contributed by atoms with Gasteiger partial charge in [-0.2, -0.15) is 9.04 Å². The molecule has 2 aromatic heterocycles. The van der Waals surface area contributed by atoms with Crippen molar-refractivity contribution in [3.05, 3.63) is 64.9 Å². The van der Waals surface area contributed by atoms with E-state index in [9.17, 15) is 32.4 Å². The van der Waals surface area contributed by atoms with Crippen LogP contribution < -0.4 is 15.4 Å². The highest BCUT2D eigenvalue weighted by Crippen LogP contribution is 2.26. The summed E-state index contributed by atoms with van der Waals surface area (Å²) in [5.41, 5.74) is 0.698. The summed E-state index contributed by atoms with van der Waals surface area (Å²) >= 11 is 0. The predicted molar refractivity (Wildman–Crippen MR) is 142 cm³/mol. The number of nitrogens with one attached hydrogen (secondary N) is 2. The zero-order chi connectivity index (χ0) is 29.2. The molecule has 0 radical (unpaired) electrons. The van der Waals surface area contributed by atoms with Crippen LogP contribution in [0.15, 0.2) is 52.0 Å². The third-order valence-electron chi connectivity index (χ3n) is 6.77. The molecular weight excluding hydrogens is 543 g/mol. The van der Waals surface area contributed by atoms with Crippen LogP contribution in [0.3, 0.4) is 0 Å². The van der Waals surface area contributed by atoms with Crippen LogP contribution in [0, 0.1) is 23.9 Å². The van der Waals surface area contributed by atoms with Gasteiger partial charge in [-0.15, -0.1) is 0 Å². The van der Waals surface area contributed by atoms with Crippen molar-refractivity contribution >= 4 is 38.6 Å². The minimum Gasteiger partial charge on any atom is -0.618 e. The first-order valence-corrected chi connectivity index (χ1v) is 14.3. The molecule has 1 unspecified atom stereocenters. The minimum absolute atomic E-state index is 0.00274. The number of aryl methyl sites for hydroxylation is 1. The van der Waals surface area contributed by atoms with Gasteiger partial charge in [-0.1, -0.05) is 13.8 Å². The molecular formula is C27H31FN4O7S. The van der Waals surface area contributed by atoms with E-state index in [-0.39, 0.29) is 47.8 Å². The van der Waals surface area contributed by atoms with Gasteiger partial charge < -0.3 is 20.3 Å². The normalized spacial score (nSPS) is 17.5. The van der Waals surface area contributed by atoms with E-state index in [1.807, 2.05) is 13.8 Å². The van der Waals surface area contributed by atoms with Crippen LogP contribution in [0.4, 0.5) is 4.39 Å². The number of ketones is 1. The Morgan fingerprint density at radius 1 is 1.25 bits per heavy atom. The molecule has 11 nitrogen and oxygen atoms in total. The molecule has 0 aliphatic carbocycles. The second-order valence-electron chi connectivity index (χ2n) is 10.2. The van der Waals surface area contributed by atoms with E-state index < -0.39 is 57.1 Å². The fourth-order valence-electron chi connectivity index (χ4n) is 4.71. The third-order valence-corrected chi connectivity index (χ3v) is 8.60. The molecule has 4 rings (SSSR count). The number of benzene rings is 1. The average molecular weight is 575 g/mol. The third kappa shape index (κ3) is 6.15. The van der Waals surface area contributed by atoms with Gasteiger partial charge in [0, 0.05) is 35.7 Å². The Hall–Kier alpha value is -3.84. The Kier molecular flexibility index (Phi) is 8.54. The molecule has 1 saturated heterocycles. The van der Waals surface area contributed by atoms with Gasteiger partial charge in [-0.05, 0) is 50.3 Å². The van der Waals surface area contributed by atoms with Crippen molar-refractivity contribution in [1.29, 1.82) is 0 Å². The van der Waals surface area contributed by atoms with E-state index in [0.29, 0.717) is 10.9 Å². The van der Waals surface area contributed by atoms with E-state index in [2.05, 4.69) is 10.6 Å². The van der Waals surface area contributed by atoms with E-state index in [4.69, 9.17) is 4.42 Å². The summed E-state index contributed by atoms with van der Waals surface area (Å²) in [4.78, 5) is 39.4. The molecule has 2 atom stereocenters. The molecule has 13 heteroatoms. The molecule has 1 aromatic carbocycles. The van der Waals surface area contributed by atoms with Crippen molar-refractivity contribution < 1.29 is 36.3 Å². The zero-order valence-electron chi connectivity index (χ0n) is 22.3. The van der Waals surface area contributed by atoms with E-state index in [1.54, 1.807) is 6.92 Å². The molecule has 40 heavy (non-hydrogen) atoms. The Bertz CT molecular complexity index is 1550. The first-order valence-electron chi connectivity index (χ1n) is 12.9. The maximum absolute atomic E-state index is 13.6. The van der Waals surface area contributed by atoms with E-state index >= 15 is 0 Å². The number of sulfonamides is 1. The number of hydrogen-bond acceptors (Lipinski definition) is 7. The average Bonchev–Trinajstić information content (AvgIpc) is 3.09. The molecule has 1 fully saturated rings. The van der Waals surface area contributed by atoms with Crippen molar-refractivity contribution in [2.24, 2.45) is 5.92 Å². The summed E-state index contributed by atoms with van der Waals surface area (Å²) in [6, 6.07) is 5.92.